The fraction of sp³-hybridized carbons (Fsp3) is 0.708. The van der Waals surface area contributed by atoms with E-state index in [2.05, 4.69) is 16.7 Å². The van der Waals surface area contributed by atoms with Gasteiger partial charge in [-0.05, 0) is 76.6 Å². The molecule has 1 spiro atoms. The molecule has 0 bridgehead atoms. The van der Waals surface area contributed by atoms with Crippen molar-refractivity contribution in [1.82, 2.24) is 4.90 Å². The maximum atomic E-state index is 15.2. The van der Waals surface area contributed by atoms with Crippen LogP contribution in [-0.2, 0) is 9.53 Å². The van der Waals surface area contributed by atoms with Crippen LogP contribution in [0.3, 0.4) is 0 Å². The molecule has 30 heavy (non-hydrogen) atoms. The molecule has 0 N–H and O–H groups in total. The number of piperidine rings is 1. The van der Waals surface area contributed by atoms with Gasteiger partial charge in [0.1, 0.15) is 5.82 Å². The second-order valence-electron chi connectivity index (χ2n) is 9.71. The summed E-state index contributed by atoms with van der Waals surface area (Å²) >= 11 is 0. The molecule has 1 amide bonds. The van der Waals surface area contributed by atoms with Crippen LogP contribution in [0.25, 0.3) is 0 Å². The molecule has 5 rings (SSSR count). The van der Waals surface area contributed by atoms with Gasteiger partial charge in [0.2, 0.25) is 5.91 Å². The summed E-state index contributed by atoms with van der Waals surface area (Å²) in [5, 5.41) is 0. The highest BCUT2D eigenvalue weighted by Crippen LogP contribution is 2.42. The number of hydrogen-bond donors (Lipinski definition) is 0. The average molecular weight is 416 g/mol. The molecule has 4 fully saturated rings. The van der Waals surface area contributed by atoms with E-state index in [1.807, 2.05) is 12.1 Å². The molecular formula is C24H34FN3O2. The molecule has 1 aromatic rings. The second-order valence-corrected chi connectivity index (χ2v) is 9.71. The number of hydrogen-bond acceptors (Lipinski definition) is 4. The first-order valence-corrected chi connectivity index (χ1v) is 11.8. The van der Waals surface area contributed by atoms with E-state index in [1.54, 1.807) is 11.0 Å². The lowest BCUT2D eigenvalue weighted by atomic mass is 9.73. The highest BCUT2D eigenvalue weighted by Gasteiger charge is 2.45. The first-order chi connectivity index (χ1) is 14.6. The summed E-state index contributed by atoms with van der Waals surface area (Å²) in [6.45, 7) is 7.32. The van der Waals surface area contributed by atoms with Crippen molar-refractivity contribution in [3.05, 3.63) is 24.0 Å². The number of halogens is 1. The van der Waals surface area contributed by atoms with E-state index < -0.39 is 0 Å². The molecule has 164 valence electrons. The molecule has 2 atom stereocenters. The van der Waals surface area contributed by atoms with Gasteiger partial charge in [0.15, 0.2) is 0 Å². The van der Waals surface area contributed by atoms with Gasteiger partial charge in [0.25, 0.3) is 0 Å². The molecule has 0 unspecified atom stereocenters. The van der Waals surface area contributed by atoms with Crippen molar-refractivity contribution in [2.24, 2.45) is 5.41 Å². The number of carbonyl (C=O) groups is 1. The van der Waals surface area contributed by atoms with Gasteiger partial charge in [-0.25, -0.2) is 4.39 Å². The fourth-order valence-corrected chi connectivity index (χ4v) is 6.18. The number of likely N-dealkylation sites (tertiary alicyclic amines) is 1. The van der Waals surface area contributed by atoms with E-state index in [9.17, 15) is 4.79 Å². The standard InChI is InChI=1S/C24H34FN3O2/c1-18-4-2-11-27(18)20-7-13-26(17-20)19-5-6-22(21(25)16-19)28-12-3-8-24(23(28)29)9-14-30-15-10-24/h5-6,16,18,20H,2-4,7-15,17H2,1H3/t18-,20-/m0/s1. The van der Waals surface area contributed by atoms with E-state index in [4.69, 9.17) is 4.74 Å². The molecule has 0 radical (unpaired) electrons. The third-order valence-electron chi connectivity index (χ3n) is 8.01. The number of rotatable bonds is 3. The van der Waals surface area contributed by atoms with Crippen LogP contribution in [0.5, 0.6) is 0 Å². The summed E-state index contributed by atoms with van der Waals surface area (Å²) in [5.74, 6) is -0.184. The summed E-state index contributed by atoms with van der Waals surface area (Å²) in [5.41, 5.74) is 1.03. The molecular weight excluding hydrogens is 381 g/mol. The van der Waals surface area contributed by atoms with E-state index >= 15 is 4.39 Å². The van der Waals surface area contributed by atoms with E-state index in [1.165, 1.54) is 19.4 Å². The number of carbonyl (C=O) groups excluding carboxylic acids is 1. The van der Waals surface area contributed by atoms with E-state index in [0.717, 1.165) is 50.9 Å². The minimum absolute atomic E-state index is 0.0907. The van der Waals surface area contributed by atoms with E-state index in [0.29, 0.717) is 37.5 Å². The Morgan fingerprint density at radius 1 is 1.07 bits per heavy atom. The molecule has 1 aromatic carbocycles. The van der Waals surface area contributed by atoms with Crippen molar-refractivity contribution in [1.29, 1.82) is 0 Å². The minimum atomic E-state index is -0.351. The zero-order valence-electron chi connectivity index (χ0n) is 18.1. The van der Waals surface area contributed by atoms with Crippen molar-refractivity contribution >= 4 is 17.3 Å². The molecule has 4 saturated heterocycles. The number of benzene rings is 1. The first-order valence-electron chi connectivity index (χ1n) is 11.8. The molecule has 6 heteroatoms. The zero-order chi connectivity index (χ0) is 20.7. The molecule has 0 aliphatic carbocycles. The number of anilines is 2. The Morgan fingerprint density at radius 3 is 2.63 bits per heavy atom. The molecule has 0 saturated carbocycles. The van der Waals surface area contributed by atoms with Crippen molar-refractivity contribution < 1.29 is 13.9 Å². The Balaban J connectivity index is 1.31. The van der Waals surface area contributed by atoms with Gasteiger partial charge in [0.05, 0.1) is 11.1 Å². The monoisotopic (exact) mass is 415 g/mol. The summed E-state index contributed by atoms with van der Waals surface area (Å²) in [4.78, 5) is 19.9. The molecule has 0 aromatic heterocycles. The molecule has 4 aliphatic heterocycles. The highest BCUT2D eigenvalue weighted by atomic mass is 19.1. The van der Waals surface area contributed by atoms with Crippen molar-refractivity contribution in [2.75, 3.05) is 49.2 Å². The molecule has 4 heterocycles. The van der Waals surface area contributed by atoms with Gasteiger partial charge in [0, 0.05) is 50.6 Å². The van der Waals surface area contributed by atoms with Gasteiger partial charge in [-0.15, -0.1) is 0 Å². The molecule has 5 nitrogen and oxygen atoms in total. The lowest BCUT2D eigenvalue weighted by Gasteiger charge is -2.43. The molecule has 4 aliphatic rings. The second kappa shape index (κ2) is 8.12. The van der Waals surface area contributed by atoms with Crippen LogP contribution >= 0.6 is 0 Å². The van der Waals surface area contributed by atoms with Crippen molar-refractivity contribution in [3.63, 3.8) is 0 Å². The van der Waals surface area contributed by atoms with Crippen molar-refractivity contribution in [3.8, 4) is 0 Å². The Kier molecular flexibility index (Phi) is 5.48. The Hall–Kier alpha value is -1.66. The van der Waals surface area contributed by atoms with Gasteiger partial charge in [-0.1, -0.05) is 0 Å². The average Bonchev–Trinajstić information content (AvgIpc) is 3.40. The summed E-state index contributed by atoms with van der Waals surface area (Å²) in [6.07, 6.45) is 7.06. The van der Waals surface area contributed by atoms with Gasteiger partial charge in [-0.2, -0.15) is 0 Å². The van der Waals surface area contributed by atoms with Crippen molar-refractivity contribution in [2.45, 2.75) is 64.0 Å². The van der Waals surface area contributed by atoms with Crippen LogP contribution in [0.4, 0.5) is 15.8 Å². The predicted molar refractivity (Wildman–Crippen MR) is 116 cm³/mol. The van der Waals surface area contributed by atoms with Crippen LogP contribution in [0.1, 0.15) is 51.9 Å². The fourth-order valence-electron chi connectivity index (χ4n) is 6.18. The predicted octanol–water partition coefficient (Wildman–Crippen LogP) is 3.81. The normalized spacial score (nSPS) is 29.9. The van der Waals surface area contributed by atoms with Crippen LogP contribution in [0.15, 0.2) is 18.2 Å². The summed E-state index contributed by atoms with van der Waals surface area (Å²) in [6, 6.07) is 6.71. The topological polar surface area (TPSA) is 36.0 Å². The largest absolute Gasteiger partial charge is 0.381 e. The summed E-state index contributed by atoms with van der Waals surface area (Å²) < 4.78 is 20.7. The number of amides is 1. The quantitative estimate of drug-likeness (QED) is 0.752. The Morgan fingerprint density at radius 2 is 1.90 bits per heavy atom. The van der Waals surface area contributed by atoms with E-state index in [-0.39, 0.29) is 17.1 Å². The van der Waals surface area contributed by atoms with Gasteiger partial charge >= 0.3 is 0 Å². The van der Waals surface area contributed by atoms with Crippen LogP contribution in [0, 0.1) is 11.2 Å². The Bertz CT molecular complexity index is 789. The highest BCUT2D eigenvalue weighted by molar-refractivity contribution is 5.98. The maximum absolute atomic E-state index is 15.2. The number of ether oxygens (including phenoxy) is 1. The third-order valence-corrected chi connectivity index (χ3v) is 8.01. The lowest BCUT2D eigenvalue weighted by Crippen LogP contribution is -2.51. The summed E-state index contributed by atoms with van der Waals surface area (Å²) in [7, 11) is 0. The SMILES string of the molecule is C[C@H]1CCCN1[C@H]1CCN(c2ccc(N3CCCC4(CCOCC4)C3=O)c(F)c2)C1. The lowest BCUT2D eigenvalue weighted by molar-refractivity contribution is -0.136. The van der Waals surface area contributed by atoms with Crippen LogP contribution in [-0.4, -0.2) is 62.3 Å². The van der Waals surface area contributed by atoms with Crippen LogP contribution < -0.4 is 9.80 Å². The smallest absolute Gasteiger partial charge is 0.233 e. The zero-order valence-corrected chi connectivity index (χ0v) is 18.1. The maximum Gasteiger partial charge on any atom is 0.233 e. The first kappa shape index (κ1) is 20.3. The van der Waals surface area contributed by atoms with Gasteiger partial charge in [-0.3, -0.25) is 9.69 Å². The van der Waals surface area contributed by atoms with Gasteiger partial charge < -0.3 is 14.5 Å². The minimum Gasteiger partial charge on any atom is -0.381 e. The number of nitrogens with zero attached hydrogens (tertiary/aromatic N) is 3. The third kappa shape index (κ3) is 3.52. The Labute approximate surface area is 179 Å². The van der Waals surface area contributed by atoms with Crippen LogP contribution in [0.2, 0.25) is 0 Å².